The molecule has 7 nitrogen and oxygen atoms in total. The van der Waals surface area contributed by atoms with Crippen molar-refractivity contribution in [3.63, 3.8) is 0 Å². The Hall–Kier alpha value is -2.22. The second kappa shape index (κ2) is 6.29. The molecule has 0 aliphatic heterocycles. The van der Waals surface area contributed by atoms with E-state index in [-0.39, 0.29) is 12.3 Å². The Morgan fingerprint density at radius 2 is 2.25 bits per heavy atom. The molecule has 20 heavy (non-hydrogen) atoms. The van der Waals surface area contributed by atoms with E-state index in [1.165, 1.54) is 18.8 Å². The number of nitrogens with zero attached hydrogens (tertiary/aromatic N) is 1. The first-order valence-corrected chi connectivity index (χ1v) is 6.96. The molecule has 0 unspecified atom stereocenters. The van der Waals surface area contributed by atoms with Crippen LogP contribution in [0.15, 0.2) is 23.4 Å². The van der Waals surface area contributed by atoms with Gasteiger partial charge in [0.05, 0.1) is 11.0 Å². The molecule has 2 aromatic rings. The molecule has 0 aliphatic rings. The number of thioether (sulfide) groups is 1. The maximum Gasteiger partial charge on any atom is 0.321 e. The summed E-state index contributed by atoms with van der Waals surface area (Å²) < 4.78 is 0. The van der Waals surface area contributed by atoms with Crippen LogP contribution < -0.4 is 16.4 Å². The van der Waals surface area contributed by atoms with Crippen LogP contribution in [0, 0.1) is 0 Å². The van der Waals surface area contributed by atoms with Crippen molar-refractivity contribution in [2.45, 2.75) is 11.6 Å². The zero-order chi connectivity index (χ0) is 14.5. The zero-order valence-corrected chi connectivity index (χ0v) is 11.7. The van der Waals surface area contributed by atoms with Crippen LogP contribution in [0.2, 0.25) is 0 Å². The van der Waals surface area contributed by atoms with Gasteiger partial charge in [-0.25, -0.2) is 9.78 Å². The second-order valence-corrected chi connectivity index (χ2v) is 5.13. The van der Waals surface area contributed by atoms with E-state index < -0.39 is 6.03 Å². The topological polar surface area (TPSA) is 113 Å². The number of hydrogen-bond acceptors (Lipinski definition) is 5. The number of urea groups is 1. The van der Waals surface area contributed by atoms with Crippen molar-refractivity contribution >= 4 is 40.4 Å². The molecule has 0 aliphatic carbocycles. The molecule has 0 spiro atoms. The molecule has 0 radical (unpaired) electrons. The van der Waals surface area contributed by atoms with Gasteiger partial charge in [0.15, 0.2) is 5.16 Å². The third-order valence-electron chi connectivity index (χ3n) is 2.53. The highest BCUT2D eigenvalue weighted by Gasteiger charge is 2.08. The second-order valence-electron chi connectivity index (χ2n) is 4.04. The monoisotopic (exact) mass is 293 g/mol. The largest absolute Gasteiger partial charge is 0.399 e. The van der Waals surface area contributed by atoms with E-state index in [1.54, 1.807) is 6.07 Å². The van der Waals surface area contributed by atoms with Crippen molar-refractivity contribution in [1.29, 1.82) is 0 Å². The van der Waals surface area contributed by atoms with Crippen molar-refractivity contribution in [3.05, 3.63) is 18.2 Å². The minimum absolute atomic E-state index is 0.233. The first-order chi connectivity index (χ1) is 9.58. The van der Waals surface area contributed by atoms with Gasteiger partial charge in [-0.15, -0.1) is 0 Å². The van der Waals surface area contributed by atoms with Gasteiger partial charge >= 0.3 is 6.03 Å². The zero-order valence-electron chi connectivity index (χ0n) is 10.9. The van der Waals surface area contributed by atoms with Crippen LogP contribution in [0.3, 0.4) is 0 Å². The van der Waals surface area contributed by atoms with E-state index in [9.17, 15) is 9.59 Å². The standard InChI is InChI=1S/C12H15N5O2S/c1-14-11(19)17-10(18)4-5-20-12-15-8-3-2-7(13)6-9(8)16-12/h2-3,6H,4-5,13H2,1H3,(H,15,16)(H2,14,17,18,19). The number of nitrogen functional groups attached to an aromatic ring is 1. The highest BCUT2D eigenvalue weighted by molar-refractivity contribution is 7.99. The Labute approximate surface area is 119 Å². The molecule has 0 saturated heterocycles. The minimum atomic E-state index is -0.501. The van der Waals surface area contributed by atoms with Gasteiger partial charge in [-0.3, -0.25) is 10.1 Å². The highest BCUT2D eigenvalue weighted by Crippen LogP contribution is 2.21. The van der Waals surface area contributed by atoms with E-state index in [0.717, 1.165) is 16.2 Å². The number of imide groups is 1. The number of imidazole rings is 1. The molecule has 0 bridgehead atoms. The first-order valence-electron chi connectivity index (χ1n) is 5.98. The number of anilines is 1. The van der Waals surface area contributed by atoms with Crippen LogP contribution in [0.5, 0.6) is 0 Å². The van der Waals surface area contributed by atoms with Gasteiger partial charge in [0.2, 0.25) is 5.91 Å². The van der Waals surface area contributed by atoms with Crippen molar-refractivity contribution in [3.8, 4) is 0 Å². The average Bonchev–Trinajstić information content (AvgIpc) is 2.80. The number of carbonyl (C=O) groups excluding carboxylic acids is 2. The van der Waals surface area contributed by atoms with E-state index in [1.807, 2.05) is 12.1 Å². The number of amides is 3. The number of hydrogen-bond donors (Lipinski definition) is 4. The number of nitrogens with two attached hydrogens (primary N) is 1. The van der Waals surface area contributed by atoms with E-state index in [4.69, 9.17) is 5.73 Å². The van der Waals surface area contributed by atoms with Gasteiger partial charge in [0.25, 0.3) is 0 Å². The lowest BCUT2D eigenvalue weighted by atomic mass is 10.3. The number of carbonyl (C=O) groups is 2. The average molecular weight is 293 g/mol. The molecule has 3 amide bonds. The van der Waals surface area contributed by atoms with Crippen LogP contribution in [-0.4, -0.2) is 34.7 Å². The molecule has 106 valence electrons. The number of fused-ring (bicyclic) bond motifs is 1. The summed E-state index contributed by atoms with van der Waals surface area (Å²) in [7, 11) is 1.46. The van der Waals surface area contributed by atoms with Gasteiger partial charge in [-0.2, -0.15) is 0 Å². The van der Waals surface area contributed by atoms with E-state index in [0.29, 0.717) is 11.4 Å². The fourth-order valence-corrected chi connectivity index (χ4v) is 2.39. The molecule has 0 saturated carbocycles. The summed E-state index contributed by atoms with van der Waals surface area (Å²) in [5, 5.41) is 5.24. The highest BCUT2D eigenvalue weighted by atomic mass is 32.2. The number of benzene rings is 1. The third kappa shape index (κ3) is 3.64. The summed E-state index contributed by atoms with van der Waals surface area (Å²) in [6.07, 6.45) is 0.233. The number of nitrogens with one attached hydrogen (secondary N) is 3. The lowest BCUT2D eigenvalue weighted by Gasteiger charge is -2.01. The molecule has 1 heterocycles. The lowest BCUT2D eigenvalue weighted by molar-refractivity contribution is -0.119. The molecular formula is C12H15N5O2S. The van der Waals surface area contributed by atoms with Crippen LogP contribution in [-0.2, 0) is 4.79 Å². The summed E-state index contributed by atoms with van der Waals surface area (Å²) in [6.45, 7) is 0. The van der Waals surface area contributed by atoms with Crippen LogP contribution in [0.4, 0.5) is 10.5 Å². The van der Waals surface area contributed by atoms with Crippen molar-refractivity contribution in [2.24, 2.45) is 0 Å². The van der Waals surface area contributed by atoms with Gasteiger partial charge in [0, 0.05) is 24.9 Å². The fraction of sp³-hybridized carbons (Fsp3) is 0.250. The van der Waals surface area contributed by atoms with Crippen molar-refractivity contribution in [2.75, 3.05) is 18.5 Å². The molecular weight excluding hydrogens is 278 g/mol. The van der Waals surface area contributed by atoms with Gasteiger partial charge in [0.1, 0.15) is 0 Å². The SMILES string of the molecule is CNC(=O)NC(=O)CCSc1nc2ccc(N)cc2[nH]1. The minimum Gasteiger partial charge on any atom is -0.399 e. The van der Waals surface area contributed by atoms with E-state index in [2.05, 4.69) is 20.6 Å². The smallest absolute Gasteiger partial charge is 0.321 e. The molecule has 5 N–H and O–H groups in total. The summed E-state index contributed by atoms with van der Waals surface area (Å²) in [5.74, 6) is 0.204. The fourth-order valence-electron chi connectivity index (χ4n) is 1.56. The molecule has 0 atom stereocenters. The molecule has 2 rings (SSSR count). The molecule has 1 aromatic carbocycles. The maximum absolute atomic E-state index is 11.4. The van der Waals surface area contributed by atoms with Crippen LogP contribution >= 0.6 is 11.8 Å². The number of H-pyrrole nitrogens is 1. The molecule has 8 heteroatoms. The van der Waals surface area contributed by atoms with Crippen molar-refractivity contribution in [1.82, 2.24) is 20.6 Å². The van der Waals surface area contributed by atoms with Gasteiger partial charge in [-0.05, 0) is 18.2 Å². The van der Waals surface area contributed by atoms with Crippen LogP contribution in [0.25, 0.3) is 11.0 Å². The summed E-state index contributed by atoms with van der Waals surface area (Å²) in [5.41, 5.74) is 8.05. The Morgan fingerprint density at radius 1 is 1.45 bits per heavy atom. The summed E-state index contributed by atoms with van der Waals surface area (Å²) >= 11 is 1.42. The number of aromatic nitrogens is 2. The summed E-state index contributed by atoms with van der Waals surface area (Å²) in [6, 6.07) is 4.93. The quantitative estimate of drug-likeness (QED) is 0.498. The molecule has 1 aromatic heterocycles. The van der Waals surface area contributed by atoms with E-state index >= 15 is 0 Å². The Kier molecular flexibility index (Phi) is 4.46. The number of aromatic amines is 1. The summed E-state index contributed by atoms with van der Waals surface area (Å²) in [4.78, 5) is 29.8. The Balaban J connectivity index is 1.86. The predicted molar refractivity (Wildman–Crippen MR) is 78.4 cm³/mol. The maximum atomic E-state index is 11.4. The number of rotatable bonds is 4. The van der Waals surface area contributed by atoms with Crippen LogP contribution in [0.1, 0.15) is 6.42 Å². The normalized spacial score (nSPS) is 10.4. The van der Waals surface area contributed by atoms with Gasteiger partial charge in [-0.1, -0.05) is 11.8 Å². The Bertz CT molecular complexity index is 640. The van der Waals surface area contributed by atoms with Gasteiger partial charge < -0.3 is 16.0 Å². The molecule has 0 fully saturated rings. The predicted octanol–water partition coefficient (Wildman–Crippen LogP) is 1.08. The lowest BCUT2D eigenvalue weighted by Crippen LogP contribution is -2.37. The first kappa shape index (κ1) is 14.2. The Morgan fingerprint density at radius 3 is 3.00 bits per heavy atom. The van der Waals surface area contributed by atoms with Crippen molar-refractivity contribution < 1.29 is 9.59 Å². The third-order valence-corrected chi connectivity index (χ3v) is 3.41.